The Morgan fingerprint density at radius 3 is 2.54 bits per heavy atom. The number of aromatic nitrogens is 1. The number of ether oxygens (including phenoxy) is 1. The average Bonchev–Trinajstić information content (AvgIpc) is 3.07. The molecule has 3 rings (SSSR count). The van der Waals surface area contributed by atoms with E-state index in [0.717, 1.165) is 5.56 Å². The van der Waals surface area contributed by atoms with Crippen LogP contribution in [0.2, 0.25) is 4.34 Å². The van der Waals surface area contributed by atoms with Crippen LogP contribution in [-0.2, 0) is 11.0 Å². The van der Waals surface area contributed by atoms with Crippen LogP contribution in [0.4, 0.5) is 4.39 Å². The zero-order valence-electron chi connectivity index (χ0n) is 15.5. The summed E-state index contributed by atoms with van der Waals surface area (Å²) < 4.78 is 35.9. The van der Waals surface area contributed by atoms with E-state index in [9.17, 15) is 8.60 Å². The second-order valence-electron chi connectivity index (χ2n) is 6.86. The zero-order valence-corrected chi connectivity index (χ0v) is 17.9. The Morgan fingerprint density at radius 1 is 1.21 bits per heavy atom. The third kappa shape index (κ3) is 5.25. The minimum Gasteiger partial charge on any atom is -0.439 e. The molecular weight excluding hydrogens is 419 g/mol. The van der Waals surface area contributed by atoms with Gasteiger partial charge in [0.2, 0.25) is 5.88 Å². The minimum atomic E-state index is -1.48. The molecule has 0 amide bonds. The third-order valence-corrected chi connectivity index (χ3v) is 6.03. The average molecular weight is 437 g/mol. The lowest BCUT2D eigenvalue weighted by atomic mass is 10.1. The molecular formula is C20H18ClFN2O2S2. The first-order valence-corrected chi connectivity index (χ1v) is 10.7. The first-order valence-electron chi connectivity index (χ1n) is 8.38. The maximum atomic E-state index is 13.1. The Kier molecular flexibility index (Phi) is 6.27. The van der Waals surface area contributed by atoms with E-state index in [4.69, 9.17) is 16.3 Å². The van der Waals surface area contributed by atoms with E-state index in [-0.39, 0.29) is 5.82 Å². The Balaban J connectivity index is 1.99. The van der Waals surface area contributed by atoms with Gasteiger partial charge in [-0.25, -0.2) is 13.6 Å². The Morgan fingerprint density at radius 2 is 1.93 bits per heavy atom. The van der Waals surface area contributed by atoms with Crippen molar-refractivity contribution in [3.63, 3.8) is 0 Å². The molecule has 0 aliphatic heterocycles. The summed E-state index contributed by atoms with van der Waals surface area (Å²) in [4.78, 5) is 4.49. The van der Waals surface area contributed by atoms with Crippen LogP contribution in [-0.4, -0.2) is 19.7 Å². The number of pyridine rings is 1. The Hall–Kier alpha value is -2.09. The van der Waals surface area contributed by atoms with Gasteiger partial charge >= 0.3 is 0 Å². The molecule has 4 nitrogen and oxygen atoms in total. The molecule has 0 radical (unpaired) electrons. The standard InChI is InChI=1S/C20H18ClFN2O2S2/c1-20(2,3)28(25)24-19(13-11-17(21)27-12-13)16-5-4-6-18(23-16)26-15-9-7-14(22)8-10-15/h4-12H,1-3H3. The van der Waals surface area contributed by atoms with Crippen LogP contribution in [0.15, 0.2) is 58.3 Å². The fourth-order valence-electron chi connectivity index (χ4n) is 2.13. The first-order chi connectivity index (χ1) is 13.2. The lowest BCUT2D eigenvalue weighted by Gasteiger charge is -2.15. The largest absolute Gasteiger partial charge is 0.439 e. The lowest BCUT2D eigenvalue weighted by Crippen LogP contribution is -2.21. The highest BCUT2D eigenvalue weighted by molar-refractivity contribution is 7.85. The summed E-state index contributed by atoms with van der Waals surface area (Å²) in [6.45, 7) is 5.56. The Bertz CT molecular complexity index is 1030. The molecule has 0 aliphatic rings. The molecule has 1 unspecified atom stereocenters. The van der Waals surface area contributed by atoms with Crippen LogP contribution in [0.25, 0.3) is 0 Å². The van der Waals surface area contributed by atoms with E-state index < -0.39 is 15.7 Å². The van der Waals surface area contributed by atoms with E-state index in [0.29, 0.717) is 27.4 Å². The summed E-state index contributed by atoms with van der Waals surface area (Å²) in [5.41, 5.74) is 1.71. The highest BCUT2D eigenvalue weighted by Gasteiger charge is 2.22. The Labute approximate surface area is 174 Å². The van der Waals surface area contributed by atoms with Crippen molar-refractivity contribution < 1.29 is 13.3 Å². The summed E-state index contributed by atoms with van der Waals surface area (Å²) >= 11 is 7.44. The zero-order chi connectivity index (χ0) is 20.3. The maximum absolute atomic E-state index is 13.1. The molecule has 3 aromatic rings. The van der Waals surface area contributed by atoms with Gasteiger partial charge in [-0.1, -0.05) is 17.7 Å². The van der Waals surface area contributed by atoms with Gasteiger partial charge in [-0.2, -0.15) is 4.40 Å². The van der Waals surface area contributed by atoms with Gasteiger partial charge in [0.15, 0.2) is 0 Å². The maximum Gasteiger partial charge on any atom is 0.219 e. The molecule has 28 heavy (non-hydrogen) atoms. The number of benzene rings is 1. The van der Waals surface area contributed by atoms with Crippen LogP contribution < -0.4 is 4.74 Å². The van der Waals surface area contributed by atoms with Gasteiger partial charge < -0.3 is 4.74 Å². The lowest BCUT2D eigenvalue weighted by molar-refractivity contribution is 0.461. The number of hydrogen-bond acceptors (Lipinski definition) is 4. The minimum absolute atomic E-state index is 0.319. The van der Waals surface area contributed by atoms with Crippen LogP contribution in [0.3, 0.4) is 0 Å². The molecule has 0 bridgehead atoms. The number of rotatable bonds is 5. The van der Waals surface area contributed by atoms with Crippen LogP contribution in [0.1, 0.15) is 32.0 Å². The van der Waals surface area contributed by atoms with E-state index in [1.165, 1.54) is 35.6 Å². The monoisotopic (exact) mass is 436 g/mol. The van der Waals surface area contributed by atoms with Crippen molar-refractivity contribution in [2.24, 2.45) is 4.40 Å². The summed E-state index contributed by atoms with van der Waals surface area (Å²) in [7, 11) is -1.48. The van der Waals surface area contributed by atoms with Crippen molar-refractivity contribution >= 4 is 39.6 Å². The highest BCUT2D eigenvalue weighted by Crippen LogP contribution is 2.26. The molecule has 0 fully saturated rings. The smallest absolute Gasteiger partial charge is 0.219 e. The number of halogens is 2. The number of nitrogens with zero attached hydrogens (tertiary/aromatic N) is 2. The van der Waals surface area contributed by atoms with Gasteiger partial charge in [-0.15, -0.1) is 11.3 Å². The van der Waals surface area contributed by atoms with Gasteiger partial charge in [-0.05, 0) is 57.2 Å². The fourth-order valence-corrected chi connectivity index (χ4v) is 3.63. The second-order valence-corrected chi connectivity index (χ2v) is 10.3. The molecule has 0 aliphatic carbocycles. The van der Waals surface area contributed by atoms with Crippen molar-refractivity contribution in [1.82, 2.24) is 4.98 Å². The van der Waals surface area contributed by atoms with Crippen molar-refractivity contribution in [3.8, 4) is 11.6 Å². The van der Waals surface area contributed by atoms with E-state index in [1.807, 2.05) is 26.2 Å². The quantitative estimate of drug-likeness (QED) is 0.459. The molecule has 0 saturated carbocycles. The van der Waals surface area contributed by atoms with Crippen molar-refractivity contribution in [1.29, 1.82) is 0 Å². The third-order valence-electron chi connectivity index (χ3n) is 3.54. The number of hydrogen-bond donors (Lipinski definition) is 0. The van der Waals surface area contributed by atoms with Gasteiger partial charge in [0.25, 0.3) is 0 Å². The first kappa shape index (κ1) is 20.6. The van der Waals surface area contributed by atoms with Gasteiger partial charge in [-0.3, -0.25) is 0 Å². The summed E-state index contributed by atoms with van der Waals surface area (Å²) in [6, 6.07) is 12.6. The predicted molar refractivity (Wildman–Crippen MR) is 114 cm³/mol. The summed E-state index contributed by atoms with van der Waals surface area (Å²) in [5.74, 6) is 0.434. The predicted octanol–water partition coefficient (Wildman–Crippen LogP) is 6.03. The van der Waals surface area contributed by atoms with E-state index >= 15 is 0 Å². The molecule has 0 N–H and O–H groups in total. The van der Waals surface area contributed by atoms with Crippen molar-refractivity contribution in [2.75, 3.05) is 0 Å². The molecule has 146 valence electrons. The van der Waals surface area contributed by atoms with Gasteiger partial charge in [0, 0.05) is 17.0 Å². The van der Waals surface area contributed by atoms with Crippen LogP contribution in [0.5, 0.6) is 11.6 Å². The molecule has 1 aromatic carbocycles. The summed E-state index contributed by atoms with van der Waals surface area (Å²) in [5, 5.41) is 1.84. The molecule has 1 atom stereocenters. The molecule has 8 heteroatoms. The van der Waals surface area contributed by atoms with E-state index in [1.54, 1.807) is 24.3 Å². The SMILES string of the molecule is CC(C)(C)S(=O)N=C(c1csc(Cl)c1)c1cccc(Oc2ccc(F)cc2)n1. The summed E-state index contributed by atoms with van der Waals surface area (Å²) in [6.07, 6.45) is 0. The molecule has 0 spiro atoms. The highest BCUT2D eigenvalue weighted by atomic mass is 35.5. The van der Waals surface area contributed by atoms with Crippen molar-refractivity contribution in [2.45, 2.75) is 25.5 Å². The van der Waals surface area contributed by atoms with Crippen molar-refractivity contribution in [3.05, 3.63) is 75.3 Å². The van der Waals surface area contributed by atoms with Crippen LogP contribution in [0, 0.1) is 5.82 Å². The normalized spacial score (nSPS) is 13.4. The van der Waals surface area contributed by atoms with Crippen LogP contribution >= 0.6 is 22.9 Å². The fraction of sp³-hybridized carbons (Fsp3) is 0.200. The van der Waals surface area contributed by atoms with E-state index in [2.05, 4.69) is 9.38 Å². The van der Waals surface area contributed by atoms with Gasteiger partial charge in [0.05, 0.1) is 14.8 Å². The van der Waals surface area contributed by atoms with Gasteiger partial charge in [0.1, 0.15) is 28.3 Å². The molecule has 2 aromatic heterocycles. The molecule has 2 heterocycles. The number of thiophene rings is 1. The molecule has 0 saturated heterocycles. The second kappa shape index (κ2) is 8.51. The topological polar surface area (TPSA) is 51.5 Å².